The van der Waals surface area contributed by atoms with E-state index in [0.29, 0.717) is 47.5 Å². The van der Waals surface area contributed by atoms with E-state index in [0.717, 1.165) is 44.6 Å². The fraction of sp³-hybridized carbons (Fsp3) is 0.424. The molecule has 8 heteroatoms. The molecule has 0 amide bonds. The number of hydrogen-bond donors (Lipinski definition) is 1. The van der Waals surface area contributed by atoms with E-state index in [1.165, 1.54) is 0 Å². The Morgan fingerprint density at radius 1 is 0.854 bits per heavy atom. The lowest BCUT2D eigenvalue weighted by Crippen LogP contribution is -2.32. The Kier molecular flexibility index (Phi) is 15.0. The lowest BCUT2D eigenvalue weighted by atomic mass is 10.00. The summed E-state index contributed by atoms with van der Waals surface area (Å²) in [6, 6.07) is 12.9. The molecular weight excluding hydrogens is 524 g/mol. The van der Waals surface area contributed by atoms with Crippen LogP contribution in [0.4, 0.5) is 0 Å². The van der Waals surface area contributed by atoms with Crippen LogP contribution in [-0.2, 0) is 14.3 Å². The fourth-order valence-electron chi connectivity index (χ4n) is 3.99. The highest BCUT2D eigenvalue weighted by Crippen LogP contribution is 2.24. The molecule has 2 aromatic rings. The number of hydrogen-bond acceptors (Lipinski definition) is 8. The third-order valence-corrected chi connectivity index (χ3v) is 6.30. The van der Waals surface area contributed by atoms with Gasteiger partial charge in [-0.1, -0.05) is 52.7 Å². The first-order chi connectivity index (χ1) is 19.8. The van der Waals surface area contributed by atoms with Gasteiger partial charge in [-0.15, -0.1) is 0 Å². The maximum absolute atomic E-state index is 12.7. The van der Waals surface area contributed by atoms with E-state index in [1.807, 2.05) is 6.92 Å². The molecule has 0 spiro atoms. The summed E-state index contributed by atoms with van der Waals surface area (Å²) < 4.78 is 22.6. The van der Waals surface area contributed by atoms with Crippen molar-refractivity contribution in [2.45, 2.75) is 90.1 Å². The minimum absolute atomic E-state index is 0.134. The van der Waals surface area contributed by atoms with Crippen LogP contribution < -0.4 is 14.2 Å². The Balaban J connectivity index is 1.99. The van der Waals surface area contributed by atoms with Gasteiger partial charge in [-0.3, -0.25) is 4.79 Å². The molecule has 222 valence electrons. The zero-order valence-corrected chi connectivity index (χ0v) is 24.1. The number of benzene rings is 2. The van der Waals surface area contributed by atoms with Crippen molar-refractivity contribution in [1.82, 2.24) is 0 Å². The van der Waals surface area contributed by atoms with Crippen LogP contribution in [0.15, 0.2) is 73.3 Å². The largest absolute Gasteiger partial charge is 0.488 e. The van der Waals surface area contributed by atoms with E-state index in [4.69, 9.17) is 18.9 Å². The van der Waals surface area contributed by atoms with Crippen molar-refractivity contribution in [3.05, 3.63) is 78.9 Å². The van der Waals surface area contributed by atoms with Crippen molar-refractivity contribution in [1.29, 1.82) is 0 Å². The van der Waals surface area contributed by atoms with Crippen molar-refractivity contribution in [3.8, 4) is 17.2 Å². The van der Waals surface area contributed by atoms with Crippen LogP contribution >= 0.6 is 0 Å². The Labute approximate surface area is 243 Å². The van der Waals surface area contributed by atoms with Crippen LogP contribution in [0.5, 0.6) is 17.2 Å². The van der Waals surface area contributed by atoms with Gasteiger partial charge in [-0.2, -0.15) is 0 Å². The first-order valence-electron chi connectivity index (χ1n) is 14.2. The molecule has 0 fully saturated rings. The average Bonchev–Trinajstić information content (AvgIpc) is 2.98. The van der Waals surface area contributed by atoms with E-state index in [9.17, 15) is 19.5 Å². The maximum atomic E-state index is 12.7. The molecule has 0 aliphatic heterocycles. The third kappa shape index (κ3) is 12.4. The monoisotopic (exact) mass is 566 g/mol. The first-order valence-corrected chi connectivity index (χ1v) is 14.2. The topological polar surface area (TPSA) is 108 Å². The number of ether oxygens (including phenoxy) is 4. The van der Waals surface area contributed by atoms with Gasteiger partial charge in [0.15, 0.2) is 0 Å². The van der Waals surface area contributed by atoms with E-state index in [1.54, 1.807) is 48.5 Å². The summed E-state index contributed by atoms with van der Waals surface area (Å²) in [5, 5.41) is 10.6. The Morgan fingerprint density at radius 2 is 1.46 bits per heavy atom. The summed E-state index contributed by atoms with van der Waals surface area (Å²) in [6.45, 7) is 11.2. The lowest BCUT2D eigenvalue weighted by Gasteiger charge is -2.24. The minimum Gasteiger partial charge on any atom is -0.488 e. The molecule has 0 saturated heterocycles. The number of aliphatic hydroxyl groups excluding tert-OH is 1. The Hall–Kier alpha value is -3.91. The number of esters is 2. The summed E-state index contributed by atoms with van der Waals surface area (Å²) in [5.41, 5.74) is 0.632. The standard InChI is InChI=1S/C33H42O8/c1-5-8-10-11-12-30(29(35)22-24(4)23-34)38-26-16-14-25(15-17-26)33(37)40-28-20-18-27(19-21-28)39-32(13-9-6-2)41-31(36)7-3/h7,14-21,23,29-30,32,35H,3-6,8-13,22H2,1-2H3. The van der Waals surface area contributed by atoms with Crippen LogP contribution in [0.25, 0.3) is 0 Å². The van der Waals surface area contributed by atoms with Gasteiger partial charge in [0.2, 0.25) is 6.29 Å². The van der Waals surface area contributed by atoms with Crippen molar-refractivity contribution >= 4 is 18.2 Å². The summed E-state index contributed by atoms with van der Waals surface area (Å²) in [6.07, 6.45) is 6.77. The molecule has 3 unspecified atom stereocenters. The molecule has 2 rings (SSSR count). The van der Waals surface area contributed by atoms with Gasteiger partial charge in [0, 0.05) is 18.9 Å². The smallest absolute Gasteiger partial charge is 0.343 e. The molecule has 2 aromatic carbocycles. The minimum atomic E-state index is -0.873. The van der Waals surface area contributed by atoms with E-state index in [2.05, 4.69) is 20.1 Å². The second-order valence-electron chi connectivity index (χ2n) is 9.77. The Morgan fingerprint density at radius 3 is 2.07 bits per heavy atom. The third-order valence-electron chi connectivity index (χ3n) is 6.30. The van der Waals surface area contributed by atoms with Crippen LogP contribution in [0.2, 0.25) is 0 Å². The van der Waals surface area contributed by atoms with Gasteiger partial charge >= 0.3 is 11.9 Å². The molecule has 3 atom stereocenters. The van der Waals surface area contributed by atoms with Gasteiger partial charge in [0.25, 0.3) is 0 Å². The quantitative estimate of drug-likeness (QED) is 0.0468. The molecule has 8 nitrogen and oxygen atoms in total. The van der Waals surface area contributed by atoms with E-state index >= 15 is 0 Å². The Bertz CT molecular complexity index is 1110. The summed E-state index contributed by atoms with van der Waals surface area (Å²) >= 11 is 0. The van der Waals surface area contributed by atoms with Gasteiger partial charge < -0.3 is 24.1 Å². The van der Waals surface area contributed by atoms with Gasteiger partial charge in [0.1, 0.15) is 29.6 Å². The molecule has 41 heavy (non-hydrogen) atoms. The zero-order chi connectivity index (χ0) is 30.0. The number of unbranched alkanes of at least 4 members (excludes halogenated alkanes) is 4. The lowest BCUT2D eigenvalue weighted by molar-refractivity contribution is -0.158. The second kappa shape index (κ2) is 18.4. The molecule has 0 bridgehead atoms. The van der Waals surface area contributed by atoms with Crippen LogP contribution in [-0.4, -0.2) is 41.8 Å². The molecule has 1 N–H and O–H groups in total. The molecule has 0 aliphatic carbocycles. The highest BCUT2D eigenvalue weighted by Gasteiger charge is 2.22. The molecule has 0 aliphatic rings. The van der Waals surface area contributed by atoms with Crippen molar-refractivity contribution in [3.63, 3.8) is 0 Å². The van der Waals surface area contributed by atoms with Crippen molar-refractivity contribution in [2.24, 2.45) is 0 Å². The first kappa shape index (κ1) is 33.3. The molecule has 0 saturated carbocycles. The van der Waals surface area contributed by atoms with Crippen LogP contribution in [0, 0.1) is 0 Å². The van der Waals surface area contributed by atoms with Gasteiger partial charge in [-0.05, 0) is 73.4 Å². The number of aliphatic hydroxyl groups is 1. The molecule has 0 heterocycles. The number of aldehydes is 1. The SMILES string of the molecule is C=CC(=O)OC(CCCC)Oc1ccc(OC(=O)c2ccc(OC(CCCCCC)C(O)CC(=C)C=O)cc2)cc1. The highest BCUT2D eigenvalue weighted by atomic mass is 16.7. The maximum Gasteiger partial charge on any atom is 0.343 e. The fourth-order valence-corrected chi connectivity index (χ4v) is 3.99. The van der Waals surface area contributed by atoms with E-state index < -0.39 is 30.4 Å². The summed E-state index contributed by atoms with van der Waals surface area (Å²) in [7, 11) is 0. The number of carbonyl (C=O) groups excluding carboxylic acids is 3. The van der Waals surface area contributed by atoms with E-state index in [-0.39, 0.29) is 6.42 Å². The zero-order valence-electron chi connectivity index (χ0n) is 24.1. The molecule has 0 radical (unpaired) electrons. The predicted molar refractivity (Wildman–Crippen MR) is 157 cm³/mol. The summed E-state index contributed by atoms with van der Waals surface area (Å²) in [5.74, 6) is 0.169. The number of rotatable bonds is 20. The van der Waals surface area contributed by atoms with Crippen LogP contribution in [0.1, 0.15) is 82.0 Å². The summed E-state index contributed by atoms with van der Waals surface area (Å²) in [4.78, 5) is 35.3. The van der Waals surface area contributed by atoms with Crippen molar-refractivity contribution < 1.29 is 38.4 Å². The highest BCUT2D eigenvalue weighted by molar-refractivity contribution is 5.91. The second-order valence-corrected chi connectivity index (χ2v) is 9.77. The van der Waals surface area contributed by atoms with Gasteiger partial charge in [-0.25, -0.2) is 9.59 Å². The van der Waals surface area contributed by atoms with Gasteiger partial charge in [0.05, 0.1) is 11.7 Å². The normalized spacial score (nSPS) is 12.9. The van der Waals surface area contributed by atoms with Crippen molar-refractivity contribution in [2.75, 3.05) is 0 Å². The predicted octanol–water partition coefficient (Wildman–Crippen LogP) is 6.75. The van der Waals surface area contributed by atoms with Crippen LogP contribution in [0.3, 0.4) is 0 Å². The average molecular weight is 567 g/mol. The molecular formula is C33H42O8. The molecule has 0 aromatic heterocycles. The number of carbonyl (C=O) groups is 3.